The Labute approximate surface area is 104 Å². The second kappa shape index (κ2) is 6.03. The van der Waals surface area contributed by atoms with Crippen LogP contribution in [0.25, 0.3) is 0 Å². The molecule has 1 aliphatic rings. The maximum absolute atomic E-state index is 5.56. The molecule has 94 valence electrons. The van der Waals surface area contributed by atoms with Gasteiger partial charge < -0.3 is 15.5 Å². The van der Waals surface area contributed by atoms with E-state index in [-0.39, 0.29) is 0 Å². The number of anilines is 1. The molecule has 1 heterocycles. The van der Waals surface area contributed by atoms with E-state index in [1.165, 1.54) is 11.3 Å². The summed E-state index contributed by atoms with van der Waals surface area (Å²) < 4.78 is 0. The van der Waals surface area contributed by atoms with Gasteiger partial charge in [0.25, 0.3) is 0 Å². The van der Waals surface area contributed by atoms with Crippen LogP contribution in [-0.2, 0) is 6.42 Å². The van der Waals surface area contributed by atoms with E-state index in [4.69, 9.17) is 5.73 Å². The molecule has 0 aliphatic carbocycles. The van der Waals surface area contributed by atoms with Gasteiger partial charge in [0, 0.05) is 31.9 Å². The molecule has 0 bridgehead atoms. The first-order chi connectivity index (χ1) is 8.29. The number of piperazine rings is 1. The van der Waals surface area contributed by atoms with Gasteiger partial charge in [0.15, 0.2) is 0 Å². The van der Waals surface area contributed by atoms with Crippen molar-refractivity contribution < 1.29 is 0 Å². The third-order valence-electron chi connectivity index (χ3n) is 3.45. The fraction of sp³-hybridized carbons (Fsp3) is 0.571. The van der Waals surface area contributed by atoms with Gasteiger partial charge in [0.05, 0.1) is 0 Å². The summed E-state index contributed by atoms with van der Waals surface area (Å²) >= 11 is 0. The Hall–Kier alpha value is -1.06. The summed E-state index contributed by atoms with van der Waals surface area (Å²) in [6.45, 7) is 5.37. The summed E-state index contributed by atoms with van der Waals surface area (Å²) in [4.78, 5) is 4.86. The fourth-order valence-electron chi connectivity index (χ4n) is 2.28. The molecule has 1 fully saturated rings. The van der Waals surface area contributed by atoms with Gasteiger partial charge >= 0.3 is 0 Å². The summed E-state index contributed by atoms with van der Waals surface area (Å²) in [5, 5.41) is 0. The van der Waals surface area contributed by atoms with Crippen molar-refractivity contribution in [3.63, 3.8) is 0 Å². The molecule has 0 saturated carbocycles. The highest BCUT2D eigenvalue weighted by Gasteiger charge is 2.14. The van der Waals surface area contributed by atoms with Crippen LogP contribution in [-0.4, -0.2) is 44.7 Å². The predicted molar refractivity (Wildman–Crippen MR) is 73.5 cm³/mol. The number of hydrogen-bond acceptors (Lipinski definition) is 3. The quantitative estimate of drug-likeness (QED) is 0.851. The lowest BCUT2D eigenvalue weighted by Crippen LogP contribution is -2.44. The minimum atomic E-state index is 0.777. The SMILES string of the molecule is CN1CCN(c2cccc(CCCN)c2)CC1. The van der Waals surface area contributed by atoms with Crippen LogP contribution < -0.4 is 10.6 Å². The summed E-state index contributed by atoms with van der Waals surface area (Å²) in [5.74, 6) is 0. The van der Waals surface area contributed by atoms with Crippen LogP contribution in [0.3, 0.4) is 0 Å². The first-order valence-corrected chi connectivity index (χ1v) is 6.52. The van der Waals surface area contributed by atoms with E-state index in [0.29, 0.717) is 0 Å². The molecule has 0 aromatic heterocycles. The molecule has 2 N–H and O–H groups in total. The van der Waals surface area contributed by atoms with Gasteiger partial charge in [-0.1, -0.05) is 12.1 Å². The van der Waals surface area contributed by atoms with Gasteiger partial charge in [-0.15, -0.1) is 0 Å². The minimum Gasteiger partial charge on any atom is -0.369 e. The lowest BCUT2D eigenvalue weighted by molar-refractivity contribution is 0.313. The third kappa shape index (κ3) is 3.45. The van der Waals surface area contributed by atoms with E-state index in [1.807, 2.05) is 0 Å². The largest absolute Gasteiger partial charge is 0.369 e. The molecular formula is C14H23N3. The fourth-order valence-corrected chi connectivity index (χ4v) is 2.28. The standard InChI is InChI=1S/C14H23N3/c1-16-8-10-17(11-9-16)14-6-2-4-13(12-14)5-3-7-15/h2,4,6,12H,3,5,7-11,15H2,1H3. The Bertz CT molecular complexity index is 343. The van der Waals surface area contributed by atoms with E-state index < -0.39 is 0 Å². The molecule has 0 unspecified atom stereocenters. The number of nitrogens with two attached hydrogens (primary N) is 1. The van der Waals surface area contributed by atoms with Crippen LogP contribution in [0.5, 0.6) is 0 Å². The highest BCUT2D eigenvalue weighted by atomic mass is 15.2. The van der Waals surface area contributed by atoms with Gasteiger partial charge in [-0.25, -0.2) is 0 Å². The lowest BCUT2D eigenvalue weighted by atomic mass is 10.1. The third-order valence-corrected chi connectivity index (χ3v) is 3.45. The zero-order chi connectivity index (χ0) is 12.1. The van der Waals surface area contributed by atoms with Crippen molar-refractivity contribution in [2.24, 2.45) is 5.73 Å². The molecular weight excluding hydrogens is 210 g/mol. The second-order valence-corrected chi connectivity index (χ2v) is 4.85. The molecule has 1 aromatic carbocycles. The molecule has 3 nitrogen and oxygen atoms in total. The average Bonchev–Trinajstić information content (AvgIpc) is 2.37. The number of nitrogens with zero attached hydrogens (tertiary/aromatic N) is 2. The van der Waals surface area contributed by atoms with E-state index in [2.05, 4.69) is 41.1 Å². The van der Waals surface area contributed by atoms with Gasteiger partial charge in [0.1, 0.15) is 0 Å². The van der Waals surface area contributed by atoms with Crippen LogP contribution in [0, 0.1) is 0 Å². The second-order valence-electron chi connectivity index (χ2n) is 4.85. The van der Waals surface area contributed by atoms with Crippen molar-refractivity contribution in [1.29, 1.82) is 0 Å². The van der Waals surface area contributed by atoms with Crippen molar-refractivity contribution in [1.82, 2.24) is 4.90 Å². The van der Waals surface area contributed by atoms with Crippen molar-refractivity contribution >= 4 is 5.69 Å². The van der Waals surface area contributed by atoms with Crippen molar-refractivity contribution in [2.75, 3.05) is 44.7 Å². The smallest absolute Gasteiger partial charge is 0.0369 e. The lowest BCUT2D eigenvalue weighted by Gasteiger charge is -2.34. The Morgan fingerprint density at radius 3 is 2.65 bits per heavy atom. The zero-order valence-electron chi connectivity index (χ0n) is 10.7. The summed E-state index contributed by atoms with van der Waals surface area (Å²) in [5.41, 5.74) is 8.33. The number of aryl methyl sites for hydroxylation is 1. The Kier molecular flexibility index (Phi) is 4.40. The normalized spacial score (nSPS) is 17.4. The number of benzene rings is 1. The monoisotopic (exact) mass is 233 g/mol. The van der Waals surface area contributed by atoms with Crippen LogP contribution in [0.15, 0.2) is 24.3 Å². The maximum Gasteiger partial charge on any atom is 0.0369 e. The van der Waals surface area contributed by atoms with Gasteiger partial charge in [-0.2, -0.15) is 0 Å². The molecule has 0 amide bonds. The Morgan fingerprint density at radius 2 is 1.94 bits per heavy atom. The molecule has 2 rings (SSSR count). The van der Waals surface area contributed by atoms with Crippen molar-refractivity contribution in [2.45, 2.75) is 12.8 Å². The first-order valence-electron chi connectivity index (χ1n) is 6.52. The van der Waals surface area contributed by atoms with E-state index in [9.17, 15) is 0 Å². The first kappa shape index (κ1) is 12.4. The number of hydrogen-bond donors (Lipinski definition) is 1. The summed E-state index contributed by atoms with van der Waals surface area (Å²) in [6.07, 6.45) is 2.17. The average molecular weight is 233 g/mol. The highest BCUT2D eigenvalue weighted by molar-refractivity contribution is 5.49. The zero-order valence-corrected chi connectivity index (χ0v) is 10.7. The van der Waals surface area contributed by atoms with E-state index in [1.54, 1.807) is 0 Å². The van der Waals surface area contributed by atoms with Crippen molar-refractivity contribution in [3.8, 4) is 0 Å². The minimum absolute atomic E-state index is 0.777. The molecule has 0 atom stereocenters. The molecule has 3 heteroatoms. The molecule has 1 aromatic rings. The molecule has 17 heavy (non-hydrogen) atoms. The van der Waals surface area contributed by atoms with Crippen LogP contribution in [0.1, 0.15) is 12.0 Å². The number of likely N-dealkylation sites (N-methyl/N-ethyl adjacent to an activating group) is 1. The summed E-state index contributed by atoms with van der Waals surface area (Å²) in [6, 6.07) is 8.91. The Balaban J connectivity index is 2.00. The summed E-state index contributed by atoms with van der Waals surface area (Å²) in [7, 11) is 2.19. The van der Waals surface area contributed by atoms with Crippen molar-refractivity contribution in [3.05, 3.63) is 29.8 Å². The van der Waals surface area contributed by atoms with Gasteiger partial charge in [-0.05, 0) is 44.1 Å². The maximum atomic E-state index is 5.56. The topological polar surface area (TPSA) is 32.5 Å². The molecule has 0 radical (unpaired) electrons. The van der Waals surface area contributed by atoms with Gasteiger partial charge in [-0.3, -0.25) is 0 Å². The molecule has 1 saturated heterocycles. The van der Waals surface area contributed by atoms with E-state index in [0.717, 1.165) is 45.6 Å². The van der Waals surface area contributed by atoms with Crippen LogP contribution >= 0.6 is 0 Å². The number of rotatable bonds is 4. The predicted octanol–water partition coefficient (Wildman–Crippen LogP) is 1.33. The van der Waals surface area contributed by atoms with Gasteiger partial charge in [0.2, 0.25) is 0 Å². The Morgan fingerprint density at radius 1 is 1.18 bits per heavy atom. The molecule has 1 aliphatic heterocycles. The van der Waals surface area contributed by atoms with Crippen LogP contribution in [0.2, 0.25) is 0 Å². The highest BCUT2D eigenvalue weighted by Crippen LogP contribution is 2.18. The molecule has 0 spiro atoms. The van der Waals surface area contributed by atoms with Crippen LogP contribution in [0.4, 0.5) is 5.69 Å². The van der Waals surface area contributed by atoms with E-state index >= 15 is 0 Å².